The number of rotatable bonds is 5. The molecule has 0 bridgehead atoms. The van der Waals surface area contributed by atoms with Crippen molar-refractivity contribution >= 4 is 23.4 Å². The molecule has 0 unspecified atom stereocenters. The summed E-state index contributed by atoms with van der Waals surface area (Å²) in [6.45, 7) is 2.06. The Morgan fingerprint density at radius 1 is 1.21 bits per heavy atom. The van der Waals surface area contributed by atoms with Crippen molar-refractivity contribution in [3.63, 3.8) is 0 Å². The Morgan fingerprint density at radius 2 is 1.97 bits per heavy atom. The quantitative estimate of drug-likeness (QED) is 0.759. The van der Waals surface area contributed by atoms with Crippen molar-refractivity contribution in [1.82, 2.24) is 15.2 Å². The topological polar surface area (TPSA) is 66.5 Å². The fourth-order valence-electron chi connectivity index (χ4n) is 3.79. The van der Waals surface area contributed by atoms with Crippen molar-refractivity contribution in [2.75, 3.05) is 25.5 Å². The maximum absolute atomic E-state index is 13.5. The molecule has 29 heavy (non-hydrogen) atoms. The molecular weight excluding hydrogens is 395 g/mol. The van der Waals surface area contributed by atoms with Gasteiger partial charge in [0.25, 0.3) is 0 Å². The summed E-state index contributed by atoms with van der Waals surface area (Å²) in [6.07, 6.45) is 5.99. The van der Waals surface area contributed by atoms with Crippen LogP contribution in [0.1, 0.15) is 25.7 Å². The van der Waals surface area contributed by atoms with Crippen LogP contribution in [0.5, 0.6) is 5.75 Å². The van der Waals surface area contributed by atoms with Crippen LogP contribution in [0.2, 0.25) is 5.02 Å². The van der Waals surface area contributed by atoms with Gasteiger partial charge in [0.05, 0.1) is 12.1 Å². The number of anilines is 1. The van der Waals surface area contributed by atoms with Gasteiger partial charge in [-0.2, -0.15) is 0 Å². The van der Waals surface area contributed by atoms with E-state index in [0.29, 0.717) is 27.7 Å². The number of benzene rings is 1. The molecule has 1 saturated carbocycles. The molecule has 154 valence electrons. The molecule has 1 aliphatic heterocycles. The Bertz CT molecular complexity index is 898. The lowest BCUT2D eigenvalue weighted by Gasteiger charge is -2.32. The SMILES string of the molecule is COc1cc(F)ccc1-c1cc(NC(=O)NC2CCN(C3CC3)CC2)ncc1Cl. The second-order valence-electron chi connectivity index (χ2n) is 7.53. The van der Waals surface area contributed by atoms with Crippen LogP contribution in [0.3, 0.4) is 0 Å². The van der Waals surface area contributed by atoms with E-state index >= 15 is 0 Å². The molecule has 6 nitrogen and oxygen atoms in total. The van der Waals surface area contributed by atoms with Crippen LogP contribution in [0.4, 0.5) is 15.0 Å². The minimum Gasteiger partial charge on any atom is -0.496 e. The number of nitrogens with one attached hydrogen (secondary N) is 2. The van der Waals surface area contributed by atoms with Crippen LogP contribution in [-0.2, 0) is 0 Å². The summed E-state index contributed by atoms with van der Waals surface area (Å²) in [5.41, 5.74) is 1.23. The first kappa shape index (κ1) is 19.9. The zero-order chi connectivity index (χ0) is 20.4. The molecule has 2 amide bonds. The predicted octanol–water partition coefficient (Wildman–Crippen LogP) is 4.30. The zero-order valence-electron chi connectivity index (χ0n) is 16.3. The number of nitrogens with zero attached hydrogens (tertiary/aromatic N) is 2. The Hall–Kier alpha value is -2.38. The van der Waals surface area contributed by atoms with E-state index in [-0.39, 0.29) is 12.1 Å². The highest BCUT2D eigenvalue weighted by molar-refractivity contribution is 6.33. The maximum atomic E-state index is 13.5. The Morgan fingerprint density at radius 3 is 2.66 bits per heavy atom. The molecule has 2 fully saturated rings. The van der Waals surface area contributed by atoms with Crippen LogP contribution >= 0.6 is 11.6 Å². The minimum absolute atomic E-state index is 0.161. The van der Waals surface area contributed by atoms with Gasteiger partial charge in [0.2, 0.25) is 0 Å². The molecule has 1 aliphatic carbocycles. The van der Waals surface area contributed by atoms with Gasteiger partial charge in [0.1, 0.15) is 17.4 Å². The van der Waals surface area contributed by atoms with E-state index in [4.69, 9.17) is 16.3 Å². The molecule has 0 spiro atoms. The van der Waals surface area contributed by atoms with Gasteiger partial charge in [-0.1, -0.05) is 11.6 Å². The summed E-state index contributed by atoms with van der Waals surface area (Å²) in [6, 6.07) is 6.52. The Balaban J connectivity index is 1.41. The molecule has 1 saturated heterocycles. The number of piperidine rings is 1. The second-order valence-corrected chi connectivity index (χ2v) is 7.94. The third-order valence-corrected chi connectivity index (χ3v) is 5.78. The molecule has 2 aromatic rings. The average molecular weight is 419 g/mol. The summed E-state index contributed by atoms with van der Waals surface area (Å²) >= 11 is 6.29. The third kappa shape index (κ3) is 4.79. The summed E-state index contributed by atoms with van der Waals surface area (Å²) in [5, 5.41) is 6.18. The van der Waals surface area contributed by atoms with Crippen LogP contribution in [0.25, 0.3) is 11.1 Å². The van der Waals surface area contributed by atoms with E-state index < -0.39 is 5.82 Å². The predicted molar refractivity (Wildman–Crippen MR) is 111 cm³/mol. The van der Waals surface area contributed by atoms with Crippen LogP contribution < -0.4 is 15.4 Å². The van der Waals surface area contributed by atoms with Crippen molar-refractivity contribution in [3.05, 3.63) is 41.3 Å². The van der Waals surface area contributed by atoms with Crippen LogP contribution in [-0.4, -0.2) is 48.2 Å². The lowest BCUT2D eigenvalue weighted by molar-refractivity contribution is 0.189. The van der Waals surface area contributed by atoms with Crippen LogP contribution in [0.15, 0.2) is 30.5 Å². The van der Waals surface area contributed by atoms with Gasteiger partial charge in [0.15, 0.2) is 0 Å². The monoisotopic (exact) mass is 418 g/mol. The molecular formula is C21H24ClFN4O2. The molecule has 1 aromatic heterocycles. The third-order valence-electron chi connectivity index (χ3n) is 5.48. The van der Waals surface area contributed by atoms with Gasteiger partial charge in [-0.05, 0) is 43.9 Å². The van der Waals surface area contributed by atoms with Gasteiger partial charge >= 0.3 is 6.03 Å². The van der Waals surface area contributed by atoms with Crippen molar-refractivity contribution < 1.29 is 13.9 Å². The fourth-order valence-corrected chi connectivity index (χ4v) is 3.99. The molecule has 1 aromatic carbocycles. The number of aromatic nitrogens is 1. The summed E-state index contributed by atoms with van der Waals surface area (Å²) in [5.74, 6) is 0.320. The number of halogens is 2. The standard InChI is InChI=1S/C21H24ClFN4O2/c1-29-19-10-13(23)2-5-16(19)17-11-20(24-12-18(17)22)26-21(28)25-14-6-8-27(9-7-14)15-3-4-15/h2,5,10-12,14-15H,3-4,6-9H2,1H3,(H2,24,25,26,28). The van der Waals surface area contributed by atoms with E-state index in [2.05, 4.69) is 20.5 Å². The van der Waals surface area contributed by atoms with Gasteiger partial charge in [-0.3, -0.25) is 5.32 Å². The zero-order valence-corrected chi connectivity index (χ0v) is 17.0. The largest absolute Gasteiger partial charge is 0.496 e. The maximum Gasteiger partial charge on any atom is 0.320 e. The number of urea groups is 1. The average Bonchev–Trinajstić information content (AvgIpc) is 3.55. The number of hydrogen-bond donors (Lipinski definition) is 2. The highest BCUT2D eigenvalue weighted by Gasteiger charge is 2.32. The highest BCUT2D eigenvalue weighted by atomic mass is 35.5. The van der Waals surface area contributed by atoms with Gasteiger partial charge in [0, 0.05) is 48.6 Å². The smallest absolute Gasteiger partial charge is 0.320 e. The number of pyridine rings is 1. The van der Waals surface area contributed by atoms with Gasteiger partial charge in [-0.25, -0.2) is 14.2 Å². The number of hydrogen-bond acceptors (Lipinski definition) is 4. The lowest BCUT2D eigenvalue weighted by atomic mass is 10.1. The van der Waals surface area contributed by atoms with Crippen molar-refractivity contribution in [2.45, 2.75) is 37.8 Å². The molecule has 4 rings (SSSR count). The lowest BCUT2D eigenvalue weighted by Crippen LogP contribution is -2.46. The highest BCUT2D eigenvalue weighted by Crippen LogP contribution is 2.36. The molecule has 8 heteroatoms. The summed E-state index contributed by atoms with van der Waals surface area (Å²) < 4.78 is 18.8. The number of amides is 2. The van der Waals surface area contributed by atoms with Gasteiger partial charge < -0.3 is 15.0 Å². The number of likely N-dealkylation sites (tertiary alicyclic amines) is 1. The Labute approximate surface area is 174 Å². The number of carbonyl (C=O) groups excluding carboxylic acids is 1. The normalized spacial score (nSPS) is 17.8. The van der Waals surface area contributed by atoms with E-state index in [0.717, 1.165) is 32.0 Å². The first-order chi connectivity index (χ1) is 14.0. The molecule has 2 N–H and O–H groups in total. The fraction of sp³-hybridized carbons (Fsp3) is 0.429. The molecule has 2 aliphatic rings. The van der Waals surface area contributed by atoms with E-state index in [1.54, 1.807) is 12.1 Å². The molecule has 0 radical (unpaired) electrons. The minimum atomic E-state index is -0.402. The van der Waals surface area contributed by atoms with Crippen molar-refractivity contribution in [3.8, 4) is 16.9 Å². The Kier molecular flexibility index (Phi) is 5.87. The van der Waals surface area contributed by atoms with E-state index in [9.17, 15) is 9.18 Å². The number of ether oxygens (including phenoxy) is 1. The van der Waals surface area contributed by atoms with E-state index in [1.165, 1.54) is 38.3 Å². The molecule has 0 atom stereocenters. The number of carbonyl (C=O) groups is 1. The first-order valence-corrected chi connectivity index (χ1v) is 10.2. The molecule has 2 heterocycles. The van der Waals surface area contributed by atoms with Crippen molar-refractivity contribution in [1.29, 1.82) is 0 Å². The summed E-state index contributed by atoms with van der Waals surface area (Å²) in [4.78, 5) is 19.1. The van der Waals surface area contributed by atoms with E-state index in [1.807, 2.05) is 0 Å². The van der Waals surface area contributed by atoms with Gasteiger partial charge in [-0.15, -0.1) is 0 Å². The van der Waals surface area contributed by atoms with Crippen LogP contribution in [0, 0.1) is 5.82 Å². The second kappa shape index (κ2) is 8.55. The first-order valence-electron chi connectivity index (χ1n) is 9.84. The summed E-state index contributed by atoms with van der Waals surface area (Å²) in [7, 11) is 1.47. The van der Waals surface area contributed by atoms with Crippen molar-refractivity contribution in [2.24, 2.45) is 0 Å². The number of methoxy groups -OCH3 is 1.